The summed E-state index contributed by atoms with van der Waals surface area (Å²) in [7, 11) is 2.13. The van der Waals surface area contributed by atoms with Crippen LogP contribution < -0.4 is 0 Å². The molecule has 0 unspecified atom stereocenters. The van der Waals surface area contributed by atoms with E-state index in [-0.39, 0.29) is 6.03 Å². The molecule has 86 valence electrons. The van der Waals surface area contributed by atoms with Crippen molar-refractivity contribution in [2.75, 3.05) is 46.3 Å². The highest BCUT2D eigenvalue weighted by molar-refractivity contribution is 5.74. The third kappa shape index (κ3) is 2.62. The van der Waals surface area contributed by atoms with E-state index in [9.17, 15) is 4.79 Å². The van der Waals surface area contributed by atoms with Crippen molar-refractivity contribution in [1.82, 2.24) is 14.7 Å². The normalized spacial score (nSPS) is 24.3. The smallest absolute Gasteiger partial charge is 0.320 e. The van der Waals surface area contributed by atoms with E-state index in [4.69, 9.17) is 0 Å². The Morgan fingerprint density at radius 1 is 0.800 bits per heavy atom. The van der Waals surface area contributed by atoms with Crippen LogP contribution in [0.2, 0.25) is 0 Å². The van der Waals surface area contributed by atoms with E-state index in [2.05, 4.69) is 11.9 Å². The lowest BCUT2D eigenvalue weighted by molar-refractivity contribution is 0.164. The van der Waals surface area contributed by atoms with Crippen LogP contribution in [0.5, 0.6) is 0 Å². The second-order valence-corrected chi connectivity index (χ2v) is 4.62. The number of likely N-dealkylation sites (tertiary alicyclic amines) is 1. The van der Waals surface area contributed by atoms with Gasteiger partial charge < -0.3 is 14.7 Å². The Kier molecular flexibility index (Phi) is 3.46. The highest BCUT2D eigenvalue weighted by Crippen LogP contribution is 2.12. The van der Waals surface area contributed by atoms with Gasteiger partial charge in [-0.05, 0) is 32.9 Å². The molecule has 2 aliphatic heterocycles. The van der Waals surface area contributed by atoms with Gasteiger partial charge in [-0.2, -0.15) is 0 Å². The lowest BCUT2D eigenvalue weighted by atomic mass is 10.4. The summed E-state index contributed by atoms with van der Waals surface area (Å²) in [5.41, 5.74) is 0. The molecule has 2 saturated heterocycles. The van der Waals surface area contributed by atoms with Gasteiger partial charge in [0, 0.05) is 32.7 Å². The minimum atomic E-state index is 0.266. The average Bonchev–Trinajstić information content (AvgIpc) is 2.67. The quantitative estimate of drug-likeness (QED) is 0.593. The molecule has 4 heteroatoms. The number of rotatable bonds is 0. The number of carbonyl (C=O) groups is 1. The zero-order valence-electron chi connectivity index (χ0n) is 9.61. The summed E-state index contributed by atoms with van der Waals surface area (Å²) in [6.45, 7) is 5.88. The van der Waals surface area contributed by atoms with E-state index < -0.39 is 0 Å². The molecule has 0 aliphatic carbocycles. The Morgan fingerprint density at radius 2 is 1.40 bits per heavy atom. The number of amides is 2. The molecular formula is C11H21N3O. The zero-order valence-corrected chi connectivity index (χ0v) is 9.61. The number of nitrogens with zero attached hydrogens (tertiary/aromatic N) is 3. The van der Waals surface area contributed by atoms with Crippen LogP contribution >= 0.6 is 0 Å². The molecule has 0 aromatic carbocycles. The largest absolute Gasteiger partial charge is 0.325 e. The van der Waals surface area contributed by atoms with Gasteiger partial charge in [0.2, 0.25) is 0 Å². The molecule has 0 spiro atoms. The highest BCUT2D eigenvalue weighted by atomic mass is 16.2. The third-order valence-electron chi connectivity index (χ3n) is 3.37. The van der Waals surface area contributed by atoms with Crippen molar-refractivity contribution < 1.29 is 4.79 Å². The maximum Gasteiger partial charge on any atom is 0.320 e. The standard InChI is InChI=1S/C11H21N3O/c1-12-5-4-8-14(10-9-12)11(15)13-6-2-3-7-13/h2-10H2,1H3. The van der Waals surface area contributed by atoms with Crippen molar-refractivity contribution in [1.29, 1.82) is 0 Å². The number of hydrogen-bond donors (Lipinski definition) is 0. The molecule has 0 aromatic heterocycles. The number of carbonyl (C=O) groups excluding carboxylic acids is 1. The Morgan fingerprint density at radius 3 is 2.13 bits per heavy atom. The average molecular weight is 211 g/mol. The SMILES string of the molecule is CN1CCCN(C(=O)N2CCCC2)CC1. The van der Waals surface area contributed by atoms with Gasteiger partial charge in [-0.25, -0.2) is 4.79 Å². The number of hydrogen-bond acceptors (Lipinski definition) is 2. The molecule has 0 N–H and O–H groups in total. The number of likely N-dealkylation sites (N-methyl/N-ethyl adjacent to an activating group) is 1. The van der Waals surface area contributed by atoms with Crippen LogP contribution in [0.15, 0.2) is 0 Å². The fraction of sp³-hybridized carbons (Fsp3) is 0.909. The molecule has 2 fully saturated rings. The van der Waals surface area contributed by atoms with E-state index in [1.165, 1.54) is 12.8 Å². The van der Waals surface area contributed by atoms with Gasteiger partial charge in [0.25, 0.3) is 0 Å². The van der Waals surface area contributed by atoms with Gasteiger partial charge in [0.15, 0.2) is 0 Å². The van der Waals surface area contributed by atoms with Crippen molar-refractivity contribution in [3.05, 3.63) is 0 Å². The molecular weight excluding hydrogens is 190 g/mol. The van der Waals surface area contributed by atoms with Crippen molar-refractivity contribution in [3.63, 3.8) is 0 Å². The Bertz CT molecular complexity index is 226. The summed E-state index contributed by atoms with van der Waals surface area (Å²) >= 11 is 0. The maximum absolute atomic E-state index is 12.1. The molecule has 0 saturated carbocycles. The fourth-order valence-corrected chi connectivity index (χ4v) is 2.35. The van der Waals surface area contributed by atoms with E-state index in [0.29, 0.717) is 0 Å². The summed E-state index contributed by atoms with van der Waals surface area (Å²) in [5.74, 6) is 0. The van der Waals surface area contributed by atoms with Crippen LogP contribution in [0.3, 0.4) is 0 Å². The summed E-state index contributed by atoms with van der Waals surface area (Å²) in [4.78, 5) is 18.4. The van der Waals surface area contributed by atoms with E-state index >= 15 is 0 Å². The Hall–Kier alpha value is -0.770. The molecule has 2 rings (SSSR count). The van der Waals surface area contributed by atoms with Gasteiger partial charge in [0.05, 0.1) is 0 Å². The minimum absolute atomic E-state index is 0.266. The van der Waals surface area contributed by atoms with Crippen LogP contribution in [-0.4, -0.2) is 67.0 Å². The van der Waals surface area contributed by atoms with Crippen LogP contribution in [0.4, 0.5) is 4.79 Å². The Balaban J connectivity index is 1.88. The first-order valence-electron chi connectivity index (χ1n) is 6.00. The van der Waals surface area contributed by atoms with Crippen LogP contribution in [0.1, 0.15) is 19.3 Å². The molecule has 0 bridgehead atoms. The van der Waals surface area contributed by atoms with Gasteiger partial charge in [-0.1, -0.05) is 0 Å². The molecule has 15 heavy (non-hydrogen) atoms. The van der Waals surface area contributed by atoms with Crippen molar-refractivity contribution in [2.45, 2.75) is 19.3 Å². The van der Waals surface area contributed by atoms with Crippen molar-refractivity contribution >= 4 is 6.03 Å². The van der Waals surface area contributed by atoms with Crippen LogP contribution in [0, 0.1) is 0 Å². The lowest BCUT2D eigenvalue weighted by Crippen LogP contribution is -2.43. The molecule has 4 nitrogen and oxygen atoms in total. The topological polar surface area (TPSA) is 26.8 Å². The second kappa shape index (κ2) is 4.84. The van der Waals surface area contributed by atoms with Gasteiger partial charge in [0.1, 0.15) is 0 Å². The lowest BCUT2D eigenvalue weighted by Gasteiger charge is -2.26. The first kappa shape index (κ1) is 10.7. The molecule has 2 heterocycles. The predicted octanol–water partition coefficient (Wildman–Crippen LogP) is 0.840. The number of urea groups is 1. The first-order chi connectivity index (χ1) is 7.27. The minimum Gasteiger partial charge on any atom is -0.325 e. The summed E-state index contributed by atoms with van der Waals surface area (Å²) < 4.78 is 0. The van der Waals surface area contributed by atoms with E-state index in [0.717, 1.165) is 45.7 Å². The van der Waals surface area contributed by atoms with E-state index in [1.54, 1.807) is 0 Å². The maximum atomic E-state index is 12.1. The van der Waals surface area contributed by atoms with E-state index in [1.807, 2.05) is 9.80 Å². The zero-order chi connectivity index (χ0) is 10.7. The predicted molar refractivity (Wildman–Crippen MR) is 59.9 cm³/mol. The molecule has 0 aromatic rings. The van der Waals surface area contributed by atoms with Gasteiger partial charge >= 0.3 is 6.03 Å². The van der Waals surface area contributed by atoms with Gasteiger partial charge in [-0.3, -0.25) is 0 Å². The second-order valence-electron chi connectivity index (χ2n) is 4.62. The fourth-order valence-electron chi connectivity index (χ4n) is 2.35. The monoisotopic (exact) mass is 211 g/mol. The van der Waals surface area contributed by atoms with Crippen molar-refractivity contribution in [2.24, 2.45) is 0 Å². The molecule has 2 amide bonds. The van der Waals surface area contributed by atoms with Gasteiger partial charge in [-0.15, -0.1) is 0 Å². The summed E-state index contributed by atoms with van der Waals surface area (Å²) in [5, 5.41) is 0. The summed E-state index contributed by atoms with van der Waals surface area (Å²) in [6, 6.07) is 0.266. The van der Waals surface area contributed by atoms with Crippen LogP contribution in [0.25, 0.3) is 0 Å². The molecule has 0 radical (unpaired) electrons. The van der Waals surface area contributed by atoms with Crippen molar-refractivity contribution in [3.8, 4) is 0 Å². The summed E-state index contributed by atoms with van der Waals surface area (Å²) in [6.07, 6.45) is 3.47. The first-order valence-corrected chi connectivity index (χ1v) is 6.00. The van der Waals surface area contributed by atoms with Crippen LogP contribution in [-0.2, 0) is 0 Å². The molecule has 2 aliphatic rings. The molecule has 0 atom stereocenters. The Labute approximate surface area is 91.8 Å². The third-order valence-corrected chi connectivity index (χ3v) is 3.37. The highest BCUT2D eigenvalue weighted by Gasteiger charge is 2.24.